The Morgan fingerprint density at radius 3 is 2.70 bits per heavy atom. The smallest absolute Gasteiger partial charge is 0.260 e. The van der Waals surface area contributed by atoms with Gasteiger partial charge in [0.2, 0.25) is 0 Å². The van der Waals surface area contributed by atoms with Gasteiger partial charge in [0.1, 0.15) is 5.75 Å². The quantitative estimate of drug-likeness (QED) is 0.831. The summed E-state index contributed by atoms with van der Waals surface area (Å²) in [5, 5.41) is 3.06. The van der Waals surface area contributed by atoms with Crippen LogP contribution in [-0.4, -0.2) is 18.1 Å². The minimum absolute atomic E-state index is 0.0584. The van der Waals surface area contributed by atoms with E-state index in [0.29, 0.717) is 17.5 Å². The Hall–Kier alpha value is -1.71. The molecule has 0 saturated heterocycles. The summed E-state index contributed by atoms with van der Waals surface area (Å²) in [5.41, 5.74) is 7.55. The van der Waals surface area contributed by atoms with Crippen molar-refractivity contribution < 1.29 is 9.53 Å². The molecule has 1 saturated carbocycles. The Labute approximate surface area is 120 Å². The number of nitrogen functional groups attached to an aromatic ring is 1. The van der Waals surface area contributed by atoms with Crippen molar-refractivity contribution in [3.05, 3.63) is 23.8 Å². The molecule has 0 radical (unpaired) electrons. The molecule has 0 aliphatic heterocycles. The first kappa shape index (κ1) is 14.7. The third kappa shape index (κ3) is 3.89. The van der Waals surface area contributed by atoms with Crippen LogP contribution in [0.4, 0.5) is 5.69 Å². The van der Waals surface area contributed by atoms with Crippen LogP contribution in [0, 0.1) is 6.92 Å². The minimum Gasteiger partial charge on any atom is -0.479 e. The van der Waals surface area contributed by atoms with E-state index in [1.165, 1.54) is 19.3 Å². The van der Waals surface area contributed by atoms with Gasteiger partial charge < -0.3 is 15.8 Å². The predicted molar refractivity (Wildman–Crippen MR) is 80.7 cm³/mol. The molecule has 3 N–H and O–H groups in total. The SMILES string of the molecule is Cc1ccc(OC(C)C(=O)NC2CCCCC2)c(N)c1. The van der Waals surface area contributed by atoms with Gasteiger partial charge >= 0.3 is 0 Å². The second-order valence-corrected chi connectivity index (χ2v) is 5.64. The molecular formula is C16H24N2O2. The number of rotatable bonds is 4. The predicted octanol–water partition coefficient (Wildman–Crippen LogP) is 2.79. The zero-order chi connectivity index (χ0) is 14.5. The highest BCUT2D eigenvalue weighted by Crippen LogP contribution is 2.23. The highest BCUT2D eigenvalue weighted by atomic mass is 16.5. The summed E-state index contributed by atoms with van der Waals surface area (Å²) in [7, 11) is 0. The maximum atomic E-state index is 12.1. The number of benzene rings is 1. The Balaban J connectivity index is 1.89. The van der Waals surface area contributed by atoms with E-state index >= 15 is 0 Å². The van der Waals surface area contributed by atoms with Gasteiger partial charge in [-0.05, 0) is 44.4 Å². The van der Waals surface area contributed by atoms with E-state index < -0.39 is 6.10 Å². The van der Waals surface area contributed by atoms with Crippen LogP contribution in [0.15, 0.2) is 18.2 Å². The number of ether oxygens (including phenoxy) is 1. The maximum absolute atomic E-state index is 12.1. The molecule has 20 heavy (non-hydrogen) atoms. The van der Waals surface area contributed by atoms with E-state index in [0.717, 1.165) is 18.4 Å². The van der Waals surface area contributed by atoms with Crippen molar-refractivity contribution >= 4 is 11.6 Å². The molecule has 4 heteroatoms. The fourth-order valence-corrected chi connectivity index (χ4v) is 2.58. The summed E-state index contributed by atoms with van der Waals surface area (Å²) in [6, 6.07) is 5.89. The van der Waals surface area contributed by atoms with Crippen molar-refractivity contribution in [2.24, 2.45) is 0 Å². The van der Waals surface area contributed by atoms with Crippen molar-refractivity contribution in [1.82, 2.24) is 5.32 Å². The average molecular weight is 276 g/mol. The summed E-state index contributed by atoms with van der Waals surface area (Å²) in [5.74, 6) is 0.513. The minimum atomic E-state index is -0.526. The summed E-state index contributed by atoms with van der Waals surface area (Å²) < 4.78 is 5.67. The lowest BCUT2D eigenvalue weighted by molar-refractivity contribution is -0.128. The Morgan fingerprint density at radius 1 is 1.35 bits per heavy atom. The van der Waals surface area contributed by atoms with Crippen LogP contribution in [0.2, 0.25) is 0 Å². The van der Waals surface area contributed by atoms with E-state index in [9.17, 15) is 4.79 Å². The second kappa shape index (κ2) is 6.64. The second-order valence-electron chi connectivity index (χ2n) is 5.64. The van der Waals surface area contributed by atoms with E-state index in [-0.39, 0.29) is 5.91 Å². The first-order valence-electron chi connectivity index (χ1n) is 7.39. The molecule has 110 valence electrons. The van der Waals surface area contributed by atoms with Crippen molar-refractivity contribution in [2.75, 3.05) is 5.73 Å². The molecule has 1 aliphatic rings. The maximum Gasteiger partial charge on any atom is 0.260 e. The summed E-state index contributed by atoms with van der Waals surface area (Å²) >= 11 is 0. The summed E-state index contributed by atoms with van der Waals surface area (Å²) in [4.78, 5) is 12.1. The number of nitrogens with one attached hydrogen (secondary N) is 1. The molecular weight excluding hydrogens is 252 g/mol. The third-order valence-electron chi connectivity index (χ3n) is 3.79. The van der Waals surface area contributed by atoms with Gasteiger partial charge in [0.05, 0.1) is 5.69 Å². The first-order chi connectivity index (χ1) is 9.56. The number of amides is 1. The monoisotopic (exact) mass is 276 g/mol. The van der Waals surface area contributed by atoms with E-state index in [4.69, 9.17) is 10.5 Å². The van der Waals surface area contributed by atoms with Crippen LogP contribution < -0.4 is 15.8 Å². The van der Waals surface area contributed by atoms with Crippen LogP contribution in [0.5, 0.6) is 5.75 Å². The molecule has 1 aromatic carbocycles. The zero-order valence-corrected chi connectivity index (χ0v) is 12.3. The van der Waals surface area contributed by atoms with Gasteiger partial charge in [0.15, 0.2) is 6.10 Å². The Bertz CT molecular complexity index is 468. The van der Waals surface area contributed by atoms with Crippen LogP contribution in [0.3, 0.4) is 0 Å². The van der Waals surface area contributed by atoms with Gasteiger partial charge in [-0.15, -0.1) is 0 Å². The Morgan fingerprint density at radius 2 is 2.05 bits per heavy atom. The molecule has 0 bridgehead atoms. The highest BCUT2D eigenvalue weighted by molar-refractivity contribution is 5.81. The Kier molecular flexibility index (Phi) is 4.88. The van der Waals surface area contributed by atoms with E-state index in [1.807, 2.05) is 25.1 Å². The molecule has 0 spiro atoms. The van der Waals surface area contributed by atoms with Gasteiger partial charge in [-0.1, -0.05) is 25.3 Å². The van der Waals surface area contributed by atoms with Crippen molar-refractivity contribution in [3.8, 4) is 5.75 Å². The number of carbonyl (C=O) groups is 1. The van der Waals surface area contributed by atoms with Gasteiger partial charge in [-0.2, -0.15) is 0 Å². The van der Waals surface area contributed by atoms with Gasteiger partial charge in [0.25, 0.3) is 5.91 Å². The zero-order valence-electron chi connectivity index (χ0n) is 12.3. The van der Waals surface area contributed by atoms with Crippen molar-refractivity contribution in [3.63, 3.8) is 0 Å². The lowest BCUT2D eigenvalue weighted by Crippen LogP contribution is -2.43. The molecule has 1 unspecified atom stereocenters. The van der Waals surface area contributed by atoms with Crippen LogP contribution in [0.1, 0.15) is 44.6 Å². The molecule has 0 aromatic heterocycles. The molecule has 4 nitrogen and oxygen atoms in total. The number of nitrogens with two attached hydrogens (primary N) is 1. The lowest BCUT2D eigenvalue weighted by Gasteiger charge is -2.25. The largest absolute Gasteiger partial charge is 0.479 e. The van der Waals surface area contributed by atoms with Gasteiger partial charge in [-0.25, -0.2) is 0 Å². The van der Waals surface area contributed by atoms with Gasteiger partial charge in [0, 0.05) is 6.04 Å². The molecule has 1 fully saturated rings. The summed E-state index contributed by atoms with van der Waals surface area (Å²) in [6.45, 7) is 3.73. The van der Waals surface area contributed by atoms with Crippen LogP contribution in [0.25, 0.3) is 0 Å². The standard InChI is InChI=1S/C16H24N2O2/c1-11-8-9-15(14(17)10-11)20-12(2)16(19)18-13-6-4-3-5-7-13/h8-10,12-13H,3-7,17H2,1-2H3,(H,18,19). The first-order valence-corrected chi connectivity index (χ1v) is 7.39. The van der Waals surface area contributed by atoms with Gasteiger partial charge in [-0.3, -0.25) is 4.79 Å². The fraction of sp³-hybridized carbons (Fsp3) is 0.562. The normalized spacial score (nSPS) is 17.5. The molecule has 2 rings (SSSR count). The van der Waals surface area contributed by atoms with E-state index in [2.05, 4.69) is 5.32 Å². The number of hydrogen-bond acceptors (Lipinski definition) is 3. The summed E-state index contributed by atoms with van der Waals surface area (Å²) in [6.07, 6.45) is 5.30. The molecule has 1 aliphatic carbocycles. The number of carbonyl (C=O) groups excluding carboxylic acids is 1. The van der Waals surface area contributed by atoms with Crippen molar-refractivity contribution in [1.29, 1.82) is 0 Å². The number of aryl methyl sites for hydroxylation is 1. The third-order valence-corrected chi connectivity index (χ3v) is 3.79. The number of anilines is 1. The van der Waals surface area contributed by atoms with E-state index in [1.54, 1.807) is 6.92 Å². The molecule has 1 atom stereocenters. The molecule has 0 heterocycles. The topological polar surface area (TPSA) is 64.3 Å². The molecule has 1 amide bonds. The van der Waals surface area contributed by atoms with Crippen LogP contribution >= 0.6 is 0 Å². The average Bonchev–Trinajstić information content (AvgIpc) is 2.43. The number of hydrogen-bond donors (Lipinski definition) is 2. The van der Waals surface area contributed by atoms with Crippen molar-refractivity contribution in [2.45, 2.75) is 58.1 Å². The van der Waals surface area contributed by atoms with Crippen LogP contribution in [-0.2, 0) is 4.79 Å². The highest BCUT2D eigenvalue weighted by Gasteiger charge is 2.21. The fourth-order valence-electron chi connectivity index (χ4n) is 2.58. The lowest BCUT2D eigenvalue weighted by atomic mass is 9.95. The molecule has 1 aromatic rings.